The SMILES string of the molecule is CCC(CC)CC(CNCCOC)C(C)(C)C. The molecule has 0 aromatic carbocycles. The Morgan fingerprint density at radius 2 is 1.71 bits per heavy atom. The normalized spacial score (nSPS) is 14.3. The molecule has 0 aromatic heterocycles. The Hall–Kier alpha value is -0.0800. The Morgan fingerprint density at radius 3 is 2.12 bits per heavy atom. The molecule has 0 saturated heterocycles. The molecule has 2 nitrogen and oxygen atoms in total. The summed E-state index contributed by atoms with van der Waals surface area (Å²) in [5.41, 5.74) is 0.392. The van der Waals surface area contributed by atoms with Crippen LogP contribution in [0.3, 0.4) is 0 Å². The molecule has 0 bridgehead atoms. The molecule has 1 unspecified atom stereocenters. The van der Waals surface area contributed by atoms with Gasteiger partial charge in [-0.3, -0.25) is 0 Å². The molecule has 1 atom stereocenters. The van der Waals surface area contributed by atoms with Crippen LogP contribution in [0.4, 0.5) is 0 Å². The van der Waals surface area contributed by atoms with Crippen molar-refractivity contribution in [1.29, 1.82) is 0 Å². The topological polar surface area (TPSA) is 21.3 Å². The largest absolute Gasteiger partial charge is 0.383 e. The monoisotopic (exact) mass is 243 g/mol. The molecule has 2 heteroatoms. The fourth-order valence-electron chi connectivity index (χ4n) is 2.22. The van der Waals surface area contributed by atoms with Gasteiger partial charge in [0, 0.05) is 13.7 Å². The summed E-state index contributed by atoms with van der Waals surface area (Å²) < 4.78 is 5.07. The van der Waals surface area contributed by atoms with Gasteiger partial charge in [-0.25, -0.2) is 0 Å². The summed E-state index contributed by atoms with van der Waals surface area (Å²) in [6.07, 6.45) is 3.96. The summed E-state index contributed by atoms with van der Waals surface area (Å²) in [6.45, 7) is 14.6. The van der Waals surface area contributed by atoms with Gasteiger partial charge in [0.2, 0.25) is 0 Å². The second kappa shape index (κ2) is 8.93. The van der Waals surface area contributed by atoms with Crippen LogP contribution in [0.2, 0.25) is 0 Å². The zero-order chi connectivity index (χ0) is 13.3. The van der Waals surface area contributed by atoms with Crippen LogP contribution in [-0.4, -0.2) is 26.8 Å². The third-order valence-corrected chi connectivity index (χ3v) is 3.87. The van der Waals surface area contributed by atoms with E-state index in [1.54, 1.807) is 7.11 Å². The van der Waals surface area contributed by atoms with Crippen molar-refractivity contribution < 1.29 is 4.74 Å². The van der Waals surface area contributed by atoms with Crippen molar-refractivity contribution in [2.24, 2.45) is 17.3 Å². The summed E-state index contributed by atoms with van der Waals surface area (Å²) in [4.78, 5) is 0. The van der Waals surface area contributed by atoms with Gasteiger partial charge in [0.25, 0.3) is 0 Å². The number of hydrogen-bond donors (Lipinski definition) is 1. The molecule has 1 N–H and O–H groups in total. The van der Waals surface area contributed by atoms with E-state index in [4.69, 9.17) is 4.74 Å². The van der Waals surface area contributed by atoms with Crippen LogP contribution in [-0.2, 0) is 4.74 Å². The van der Waals surface area contributed by atoms with Gasteiger partial charge in [-0.05, 0) is 30.2 Å². The number of ether oxygens (including phenoxy) is 1. The van der Waals surface area contributed by atoms with E-state index in [2.05, 4.69) is 39.9 Å². The highest BCUT2D eigenvalue weighted by atomic mass is 16.5. The van der Waals surface area contributed by atoms with E-state index in [0.717, 1.165) is 31.5 Å². The highest BCUT2D eigenvalue weighted by molar-refractivity contribution is 4.78. The summed E-state index contributed by atoms with van der Waals surface area (Å²) in [6, 6.07) is 0. The molecule has 0 saturated carbocycles. The third-order valence-electron chi connectivity index (χ3n) is 3.87. The Labute approximate surface area is 109 Å². The average Bonchev–Trinajstić information content (AvgIpc) is 2.27. The molecule has 0 aliphatic heterocycles. The first kappa shape index (κ1) is 16.9. The van der Waals surface area contributed by atoms with Crippen LogP contribution < -0.4 is 5.32 Å². The second-order valence-corrected chi connectivity index (χ2v) is 6.18. The van der Waals surface area contributed by atoms with Crippen molar-refractivity contribution in [3.05, 3.63) is 0 Å². The van der Waals surface area contributed by atoms with Gasteiger partial charge in [-0.2, -0.15) is 0 Å². The summed E-state index contributed by atoms with van der Waals surface area (Å²) >= 11 is 0. The molecule has 0 radical (unpaired) electrons. The first-order valence-electron chi connectivity index (χ1n) is 7.15. The van der Waals surface area contributed by atoms with E-state index < -0.39 is 0 Å². The molecular weight excluding hydrogens is 210 g/mol. The quantitative estimate of drug-likeness (QED) is 0.623. The minimum Gasteiger partial charge on any atom is -0.383 e. The molecular formula is C15H33NO. The lowest BCUT2D eigenvalue weighted by atomic mass is 9.75. The Balaban J connectivity index is 4.15. The molecule has 0 heterocycles. The van der Waals surface area contributed by atoms with Gasteiger partial charge < -0.3 is 10.1 Å². The summed E-state index contributed by atoms with van der Waals surface area (Å²) in [7, 11) is 1.76. The van der Waals surface area contributed by atoms with Crippen molar-refractivity contribution in [3.8, 4) is 0 Å². The van der Waals surface area contributed by atoms with E-state index in [9.17, 15) is 0 Å². The molecule has 0 rings (SSSR count). The molecule has 17 heavy (non-hydrogen) atoms. The molecule has 0 aliphatic rings. The van der Waals surface area contributed by atoms with Crippen molar-refractivity contribution in [2.45, 2.75) is 53.9 Å². The molecule has 0 spiro atoms. The Morgan fingerprint density at radius 1 is 1.12 bits per heavy atom. The lowest BCUT2D eigenvalue weighted by Crippen LogP contribution is -2.34. The fraction of sp³-hybridized carbons (Fsp3) is 1.00. The zero-order valence-corrected chi connectivity index (χ0v) is 12.8. The summed E-state index contributed by atoms with van der Waals surface area (Å²) in [5, 5.41) is 3.52. The third kappa shape index (κ3) is 7.77. The molecule has 0 aliphatic carbocycles. The van der Waals surface area contributed by atoms with E-state index in [0.29, 0.717) is 5.41 Å². The second-order valence-electron chi connectivity index (χ2n) is 6.18. The Kier molecular flexibility index (Phi) is 8.89. The van der Waals surface area contributed by atoms with E-state index >= 15 is 0 Å². The summed E-state index contributed by atoms with van der Waals surface area (Å²) in [5.74, 6) is 1.63. The van der Waals surface area contributed by atoms with Gasteiger partial charge in [0.1, 0.15) is 0 Å². The number of hydrogen-bond acceptors (Lipinski definition) is 2. The zero-order valence-electron chi connectivity index (χ0n) is 12.8. The predicted molar refractivity (Wildman–Crippen MR) is 76.4 cm³/mol. The van der Waals surface area contributed by atoms with Crippen LogP contribution in [0.1, 0.15) is 53.9 Å². The van der Waals surface area contributed by atoms with Crippen LogP contribution in [0.25, 0.3) is 0 Å². The predicted octanol–water partition coefficient (Wildman–Crippen LogP) is 3.71. The van der Waals surface area contributed by atoms with Gasteiger partial charge >= 0.3 is 0 Å². The molecule has 0 aromatic rings. The smallest absolute Gasteiger partial charge is 0.0587 e. The lowest BCUT2D eigenvalue weighted by molar-refractivity contribution is 0.169. The van der Waals surface area contributed by atoms with E-state index in [1.165, 1.54) is 19.3 Å². The maximum atomic E-state index is 5.07. The molecule has 104 valence electrons. The van der Waals surface area contributed by atoms with E-state index in [1.807, 2.05) is 0 Å². The van der Waals surface area contributed by atoms with Crippen molar-refractivity contribution in [3.63, 3.8) is 0 Å². The maximum absolute atomic E-state index is 5.07. The number of rotatable bonds is 9. The molecule has 0 fully saturated rings. The van der Waals surface area contributed by atoms with Crippen molar-refractivity contribution >= 4 is 0 Å². The Bertz CT molecular complexity index is 170. The van der Waals surface area contributed by atoms with Gasteiger partial charge in [0.15, 0.2) is 0 Å². The first-order chi connectivity index (χ1) is 7.95. The van der Waals surface area contributed by atoms with Crippen molar-refractivity contribution in [2.75, 3.05) is 26.8 Å². The van der Waals surface area contributed by atoms with E-state index in [-0.39, 0.29) is 0 Å². The van der Waals surface area contributed by atoms with Crippen LogP contribution in [0.15, 0.2) is 0 Å². The first-order valence-corrected chi connectivity index (χ1v) is 7.15. The highest BCUT2D eigenvalue weighted by Gasteiger charge is 2.26. The fourth-order valence-corrected chi connectivity index (χ4v) is 2.22. The maximum Gasteiger partial charge on any atom is 0.0587 e. The minimum absolute atomic E-state index is 0.392. The molecule has 0 amide bonds. The van der Waals surface area contributed by atoms with Crippen molar-refractivity contribution in [1.82, 2.24) is 5.32 Å². The van der Waals surface area contributed by atoms with Crippen LogP contribution >= 0.6 is 0 Å². The van der Waals surface area contributed by atoms with Crippen LogP contribution in [0, 0.1) is 17.3 Å². The van der Waals surface area contributed by atoms with Gasteiger partial charge in [-0.1, -0.05) is 47.5 Å². The van der Waals surface area contributed by atoms with Gasteiger partial charge in [0.05, 0.1) is 6.61 Å². The standard InChI is InChI=1S/C15H33NO/c1-7-13(8-2)11-14(15(3,4)5)12-16-9-10-17-6/h13-14,16H,7-12H2,1-6H3. The number of nitrogens with one attached hydrogen (secondary N) is 1. The van der Waals surface area contributed by atoms with Crippen LogP contribution in [0.5, 0.6) is 0 Å². The lowest BCUT2D eigenvalue weighted by Gasteiger charge is -2.33. The minimum atomic E-state index is 0.392. The number of methoxy groups -OCH3 is 1. The van der Waals surface area contributed by atoms with Gasteiger partial charge in [-0.15, -0.1) is 0 Å². The highest BCUT2D eigenvalue weighted by Crippen LogP contribution is 2.32. The average molecular weight is 243 g/mol.